The monoisotopic (exact) mass is 550 g/mol. The van der Waals surface area contributed by atoms with Crippen molar-refractivity contribution < 1.29 is 9.53 Å². The second kappa shape index (κ2) is 16.4. The van der Waals surface area contributed by atoms with Gasteiger partial charge in [0.05, 0.1) is 29.4 Å². The number of carbonyl (C=O) groups is 1. The van der Waals surface area contributed by atoms with Gasteiger partial charge in [-0.2, -0.15) is 0 Å². The van der Waals surface area contributed by atoms with Crippen molar-refractivity contribution in [3.05, 3.63) is 96.1 Å². The molecule has 0 aliphatic rings. The van der Waals surface area contributed by atoms with E-state index in [0.29, 0.717) is 19.4 Å². The molecule has 1 unspecified atom stereocenters. The summed E-state index contributed by atoms with van der Waals surface area (Å²) in [6, 6.07) is 18.0. The lowest BCUT2D eigenvalue weighted by Gasteiger charge is -2.21. The Morgan fingerprint density at radius 3 is 2.20 bits per heavy atom. The third-order valence-corrected chi connectivity index (χ3v) is 7.38. The zero-order valence-electron chi connectivity index (χ0n) is 24.5. The summed E-state index contributed by atoms with van der Waals surface area (Å²) in [6.07, 6.45) is 17.8. The molecular weight excluding hydrogens is 508 g/mol. The van der Waals surface area contributed by atoms with E-state index in [-0.39, 0.29) is 11.9 Å². The molecule has 4 aromatic rings. The van der Waals surface area contributed by atoms with Crippen molar-refractivity contribution in [2.24, 2.45) is 0 Å². The summed E-state index contributed by atoms with van der Waals surface area (Å²) in [7, 11) is 0. The minimum atomic E-state index is -0.157. The Balaban J connectivity index is 1.47. The fourth-order valence-corrected chi connectivity index (χ4v) is 5.15. The minimum Gasteiger partial charge on any atom is -0.466 e. The number of aromatic nitrogens is 4. The van der Waals surface area contributed by atoms with E-state index in [2.05, 4.69) is 34.0 Å². The van der Waals surface area contributed by atoms with Gasteiger partial charge in [0, 0.05) is 37.1 Å². The molecule has 6 nitrogen and oxygen atoms in total. The van der Waals surface area contributed by atoms with Crippen molar-refractivity contribution in [3.8, 4) is 22.8 Å². The summed E-state index contributed by atoms with van der Waals surface area (Å²) in [5, 5.41) is 0. The van der Waals surface area contributed by atoms with Crippen LogP contribution in [0.3, 0.4) is 0 Å². The number of carbonyl (C=O) groups excluding carboxylic acids is 1. The molecule has 1 atom stereocenters. The maximum atomic E-state index is 12.8. The minimum absolute atomic E-state index is 0.0945. The highest BCUT2D eigenvalue weighted by Crippen LogP contribution is 2.35. The first-order valence-electron chi connectivity index (χ1n) is 15.1. The van der Waals surface area contributed by atoms with Gasteiger partial charge in [-0.25, -0.2) is 0 Å². The standard InChI is InChI=1S/C35H42N4O2/c1-3-4-5-6-7-8-9-12-24-41-34(40)17-16-29(30-14-13-21-39-35(30)31-15-10-11-20-36-31)28-19-23-38-33(26-28)32-25-27(2)18-22-37-32/h10-11,13-15,18-23,25-26,29H,3-9,12,16-17,24H2,1-2H3. The number of esters is 1. The summed E-state index contributed by atoms with van der Waals surface area (Å²) in [4.78, 5) is 31.2. The number of hydrogen-bond donors (Lipinski definition) is 0. The summed E-state index contributed by atoms with van der Waals surface area (Å²) in [5.74, 6) is -0.251. The first kappa shape index (κ1) is 30.0. The normalized spacial score (nSPS) is 11.8. The van der Waals surface area contributed by atoms with Gasteiger partial charge in [0.2, 0.25) is 0 Å². The molecule has 0 saturated carbocycles. The van der Waals surface area contributed by atoms with Gasteiger partial charge in [0.1, 0.15) is 0 Å². The Labute approximate surface area is 244 Å². The van der Waals surface area contributed by atoms with Crippen molar-refractivity contribution in [1.82, 2.24) is 19.9 Å². The molecule has 4 heterocycles. The molecule has 0 bridgehead atoms. The van der Waals surface area contributed by atoms with E-state index < -0.39 is 0 Å². The molecule has 0 aromatic carbocycles. The Morgan fingerprint density at radius 1 is 0.732 bits per heavy atom. The van der Waals surface area contributed by atoms with Crippen LogP contribution in [0.2, 0.25) is 0 Å². The quantitative estimate of drug-likeness (QED) is 0.103. The lowest BCUT2D eigenvalue weighted by atomic mass is 9.85. The van der Waals surface area contributed by atoms with Crippen LogP contribution in [0.5, 0.6) is 0 Å². The molecular formula is C35H42N4O2. The summed E-state index contributed by atoms with van der Waals surface area (Å²) >= 11 is 0. The van der Waals surface area contributed by atoms with Crippen molar-refractivity contribution in [2.45, 2.75) is 84.0 Å². The predicted octanol–water partition coefficient (Wildman–Crippen LogP) is 8.51. The lowest BCUT2D eigenvalue weighted by Crippen LogP contribution is -2.11. The molecule has 0 fully saturated rings. The highest BCUT2D eigenvalue weighted by atomic mass is 16.5. The maximum Gasteiger partial charge on any atom is 0.305 e. The molecule has 0 spiro atoms. The van der Waals surface area contributed by atoms with E-state index >= 15 is 0 Å². The van der Waals surface area contributed by atoms with Crippen LogP contribution in [0.25, 0.3) is 22.8 Å². The first-order chi connectivity index (χ1) is 20.2. The van der Waals surface area contributed by atoms with Crippen LogP contribution in [-0.4, -0.2) is 32.5 Å². The second-order valence-corrected chi connectivity index (χ2v) is 10.6. The fraction of sp³-hybridized carbons (Fsp3) is 0.400. The van der Waals surface area contributed by atoms with Crippen LogP contribution in [0.1, 0.15) is 93.7 Å². The molecule has 41 heavy (non-hydrogen) atoms. The van der Waals surface area contributed by atoms with Gasteiger partial charge in [-0.05, 0) is 78.9 Å². The second-order valence-electron chi connectivity index (χ2n) is 10.6. The number of unbranched alkanes of at least 4 members (excludes halogenated alkanes) is 7. The number of rotatable bonds is 16. The highest BCUT2D eigenvalue weighted by molar-refractivity contribution is 5.70. The number of nitrogens with zero attached hydrogens (tertiary/aromatic N) is 4. The fourth-order valence-electron chi connectivity index (χ4n) is 5.15. The summed E-state index contributed by atoms with van der Waals surface area (Å²) in [6.45, 7) is 4.78. The molecule has 0 aliphatic carbocycles. The SMILES string of the molecule is CCCCCCCCCCOC(=O)CCC(c1ccnc(-c2cc(C)ccn2)c1)c1cccnc1-c1ccccn1. The van der Waals surface area contributed by atoms with Crippen LogP contribution in [0.4, 0.5) is 0 Å². The molecule has 0 radical (unpaired) electrons. The highest BCUT2D eigenvalue weighted by Gasteiger charge is 2.22. The number of pyridine rings is 4. The summed E-state index contributed by atoms with van der Waals surface area (Å²) < 4.78 is 5.64. The van der Waals surface area contributed by atoms with Crippen LogP contribution in [-0.2, 0) is 9.53 Å². The van der Waals surface area contributed by atoms with E-state index in [9.17, 15) is 4.79 Å². The molecule has 0 aliphatic heterocycles. The smallest absolute Gasteiger partial charge is 0.305 e. The number of ether oxygens (including phenoxy) is 1. The van der Waals surface area contributed by atoms with Gasteiger partial charge >= 0.3 is 5.97 Å². The molecule has 214 valence electrons. The molecule has 0 N–H and O–H groups in total. The zero-order chi connectivity index (χ0) is 28.7. The van der Waals surface area contributed by atoms with E-state index in [1.807, 2.05) is 55.6 Å². The summed E-state index contributed by atoms with van der Waals surface area (Å²) in [5.41, 5.74) is 6.46. The molecule has 0 amide bonds. The molecule has 4 aromatic heterocycles. The predicted molar refractivity (Wildman–Crippen MR) is 164 cm³/mol. The van der Waals surface area contributed by atoms with Gasteiger partial charge in [-0.3, -0.25) is 24.7 Å². The Bertz CT molecular complexity index is 1360. The van der Waals surface area contributed by atoms with E-state index in [0.717, 1.165) is 52.3 Å². The molecule has 4 rings (SSSR count). The van der Waals surface area contributed by atoms with Gasteiger partial charge < -0.3 is 4.74 Å². The van der Waals surface area contributed by atoms with E-state index in [4.69, 9.17) is 9.72 Å². The largest absolute Gasteiger partial charge is 0.466 e. The number of hydrogen-bond acceptors (Lipinski definition) is 6. The number of aryl methyl sites for hydroxylation is 1. The van der Waals surface area contributed by atoms with Crippen molar-refractivity contribution >= 4 is 5.97 Å². The maximum absolute atomic E-state index is 12.8. The van der Waals surface area contributed by atoms with Crippen molar-refractivity contribution in [1.29, 1.82) is 0 Å². The van der Waals surface area contributed by atoms with E-state index in [1.165, 1.54) is 38.5 Å². The van der Waals surface area contributed by atoms with Crippen LogP contribution >= 0.6 is 0 Å². The Kier molecular flexibility index (Phi) is 12.0. The van der Waals surface area contributed by atoms with Crippen molar-refractivity contribution in [3.63, 3.8) is 0 Å². The van der Waals surface area contributed by atoms with E-state index in [1.54, 1.807) is 18.6 Å². The van der Waals surface area contributed by atoms with Crippen LogP contribution in [0.15, 0.2) is 79.4 Å². The third-order valence-electron chi connectivity index (χ3n) is 7.38. The third kappa shape index (κ3) is 9.31. The topological polar surface area (TPSA) is 77.9 Å². The molecule has 6 heteroatoms. The average Bonchev–Trinajstić information content (AvgIpc) is 3.01. The average molecular weight is 551 g/mol. The van der Waals surface area contributed by atoms with Gasteiger partial charge in [-0.15, -0.1) is 0 Å². The van der Waals surface area contributed by atoms with Gasteiger partial charge in [0.15, 0.2) is 0 Å². The Hall–Kier alpha value is -3.93. The molecule has 0 saturated heterocycles. The lowest BCUT2D eigenvalue weighted by molar-refractivity contribution is -0.143. The zero-order valence-corrected chi connectivity index (χ0v) is 24.5. The van der Waals surface area contributed by atoms with Crippen LogP contribution in [0, 0.1) is 6.92 Å². The van der Waals surface area contributed by atoms with Gasteiger partial charge in [0.25, 0.3) is 0 Å². The van der Waals surface area contributed by atoms with Crippen LogP contribution < -0.4 is 0 Å². The first-order valence-corrected chi connectivity index (χ1v) is 15.1. The van der Waals surface area contributed by atoms with Gasteiger partial charge in [-0.1, -0.05) is 64.0 Å². The van der Waals surface area contributed by atoms with Crippen molar-refractivity contribution in [2.75, 3.05) is 6.61 Å². The Morgan fingerprint density at radius 2 is 1.44 bits per heavy atom.